The second kappa shape index (κ2) is 10.4. The van der Waals surface area contributed by atoms with E-state index in [1.54, 1.807) is 23.1 Å². The summed E-state index contributed by atoms with van der Waals surface area (Å²) in [5.41, 5.74) is 1.31. The van der Waals surface area contributed by atoms with Crippen LogP contribution in [0.5, 0.6) is 0 Å². The van der Waals surface area contributed by atoms with Gasteiger partial charge < -0.3 is 14.6 Å². The third-order valence-electron chi connectivity index (χ3n) is 5.94. The number of Topliss-reactive ketones (excluding diaryl/α,β-unsaturated/α-hetero) is 1. The average molecular weight is 465 g/mol. The van der Waals surface area contributed by atoms with Crippen LogP contribution in [-0.2, 0) is 20.7 Å². The van der Waals surface area contributed by atoms with Crippen LogP contribution in [0.2, 0.25) is 0 Å². The number of halogens is 1. The molecule has 0 spiro atoms. The summed E-state index contributed by atoms with van der Waals surface area (Å²) in [5.74, 6) is -1.37. The zero-order valence-electron chi connectivity index (χ0n) is 18.5. The number of ketones is 1. The number of aromatic amines is 1. The number of carbonyl (C=O) groups is 3. The van der Waals surface area contributed by atoms with Crippen LogP contribution >= 0.6 is 0 Å². The van der Waals surface area contributed by atoms with Crippen molar-refractivity contribution in [3.8, 4) is 0 Å². The van der Waals surface area contributed by atoms with Gasteiger partial charge in [-0.3, -0.25) is 24.2 Å². The number of pyridine rings is 2. The predicted molar refractivity (Wildman–Crippen MR) is 122 cm³/mol. The molecule has 1 aliphatic rings. The van der Waals surface area contributed by atoms with E-state index in [9.17, 15) is 23.6 Å². The van der Waals surface area contributed by atoms with Crippen LogP contribution in [0, 0.1) is 5.82 Å². The third kappa shape index (κ3) is 5.19. The van der Waals surface area contributed by atoms with E-state index >= 15 is 0 Å². The summed E-state index contributed by atoms with van der Waals surface area (Å²) < 4.78 is 18.0. The molecule has 3 heterocycles. The molecule has 2 aromatic heterocycles. The largest absolute Gasteiger partial charge is 0.456 e. The maximum absolute atomic E-state index is 13.1. The summed E-state index contributed by atoms with van der Waals surface area (Å²) in [4.78, 5) is 58.4. The standard InChI is InChI=1S/C25H24FN3O5/c26-18-6-4-16(5-7-18)10-17-11-20-23(28-13-17)25(33)19(14-27-20)24(32)21(34-15-30)12-22(31)29-8-2-1-3-9-29/h4-7,11,13-15,21H,1-3,8-10,12H2,(H,27,33). The third-order valence-corrected chi connectivity index (χ3v) is 5.94. The Kier molecular flexibility index (Phi) is 7.10. The normalized spacial score (nSPS) is 14.6. The zero-order chi connectivity index (χ0) is 24.1. The highest BCUT2D eigenvalue weighted by atomic mass is 19.1. The summed E-state index contributed by atoms with van der Waals surface area (Å²) in [6.07, 6.45) is 4.37. The molecule has 0 saturated carbocycles. The Hall–Kier alpha value is -3.88. The molecule has 4 rings (SSSR count). The van der Waals surface area contributed by atoms with Crippen molar-refractivity contribution in [2.45, 2.75) is 38.2 Å². The molecule has 1 saturated heterocycles. The number of nitrogens with one attached hydrogen (secondary N) is 1. The fourth-order valence-corrected chi connectivity index (χ4v) is 4.13. The molecule has 1 aromatic carbocycles. The molecule has 0 radical (unpaired) electrons. The Morgan fingerprint density at radius 3 is 2.59 bits per heavy atom. The summed E-state index contributed by atoms with van der Waals surface area (Å²) in [7, 11) is 0. The number of likely N-dealkylation sites (tertiary alicyclic amines) is 1. The van der Waals surface area contributed by atoms with Gasteiger partial charge in [0.25, 0.3) is 6.47 Å². The van der Waals surface area contributed by atoms with Gasteiger partial charge in [0.1, 0.15) is 11.3 Å². The van der Waals surface area contributed by atoms with Crippen molar-refractivity contribution in [1.29, 1.82) is 0 Å². The van der Waals surface area contributed by atoms with E-state index < -0.39 is 17.3 Å². The highest BCUT2D eigenvalue weighted by Crippen LogP contribution is 2.16. The Morgan fingerprint density at radius 2 is 1.88 bits per heavy atom. The first-order chi connectivity index (χ1) is 16.5. The smallest absolute Gasteiger partial charge is 0.293 e. The van der Waals surface area contributed by atoms with Crippen LogP contribution in [0.3, 0.4) is 0 Å². The van der Waals surface area contributed by atoms with E-state index in [1.165, 1.54) is 24.5 Å². The Labute approximate surface area is 194 Å². The zero-order valence-corrected chi connectivity index (χ0v) is 18.5. The number of piperidine rings is 1. The fourth-order valence-electron chi connectivity index (χ4n) is 4.13. The van der Waals surface area contributed by atoms with E-state index in [1.807, 2.05) is 0 Å². The highest BCUT2D eigenvalue weighted by molar-refractivity contribution is 6.03. The predicted octanol–water partition coefficient (Wildman–Crippen LogP) is 2.78. The Balaban J connectivity index is 1.55. The monoisotopic (exact) mass is 465 g/mol. The molecular weight excluding hydrogens is 441 g/mol. The van der Waals surface area contributed by atoms with Crippen LogP contribution in [0.4, 0.5) is 4.39 Å². The minimum atomic E-state index is -1.39. The van der Waals surface area contributed by atoms with Crippen LogP contribution < -0.4 is 5.43 Å². The van der Waals surface area contributed by atoms with Gasteiger partial charge in [0.15, 0.2) is 6.10 Å². The first-order valence-electron chi connectivity index (χ1n) is 11.1. The molecule has 34 heavy (non-hydrogen) atoms. The van der Waals surface area contributed by atoms with Crippen molar-refractivity contribution < 1.29 is 23.5 Å². The van der Waals surface area contributed by atoms with Crippen molar-refractivity contribution in [2.75, 3.05) is 13.1 Å². The molecule has 176 valence electrons. The number of rotatable bonds is 8. The molecule has 9 heteroatoms. The Bertz CT molecular complexity index is 1270. The van der Waals surface area contributed by atoms with Crippen LogP contribution in [-0.4, -0.2) is 52.2 Å². The van der Waals surface area contributed by atoms with Crippen molar-refractivity contribution in [2.24, 2.45) is 0 Å². The second-order valence-electron chi connectivity index (χ2n) is 8.31. The molecule has 1 amide bonds. The van der Waals surface area contributed by atoms with E-state index in [2.05, 4.69) is 9.97 Å². The maximum Gasteiger partial charge on any atom is 0.293 e. The number of hydrogen-bond acceptors (Lipinski definition) is 6. The van der Waals surface area contributed by atoms with E-state index in [0.29, 0.717) is 25.0 Å². The van der Waals surface area contributed by atoms with Gasteiger partial charge in [-0.15, -0.1) is 0 Å². The first-order valence-corrected chi connectivity index (χ1v) is 11.1. The maximum atomic E-state index is 13.1. The lowest BCUT2D eigenvalue weighted by atomic mass is 10.0. The summed E-state index contributed by atoms with van der Waals surface area (Å²) in [6, 6.07) is 7.82. The van der Waals surface area contributed by atoms with Gasteiger partial charge in [0.05, 0.1) is 17.5 Å². The second-order valence-corrected chi connectivity index (χ2v) is 8.31. The number of nitrogens with zero attached hydrogens (tertiary/aromatic N) is 2. The van der Waals surface area contributed by atoms with Gasteiger partial charge in [0.2, 0.25) is 17.1 Å². The van der Waals surface area contributed by atoms with Gasteiger partial charge >= 0.3 is 0 Å². The van der Waals surface area contributed by atoms with Gasteiger partial charge in [-0.25, -0.2) is 4.39 Å². The first kappa shape index (κ1) is 23.3. The number of hydrogen-bond donors (Lipinski definition) is 1. The summed E-state index contributed by atoms with van der Waals surface area (Å²) in [5, 5.41) is 0. The summed E-state index contributed by atoms with van der Waals surface area (Å²) in [6.45, 7) is 1.31. The van der Waals surface area contributed by atoms with E-state index in [0.717, 1.165) is 30.4 Å². The highest BCUT2D eigenvalue weighted by Gasteiger charge is 2.29. The average Bonchev–Trinajstić information content (AvgIpc) is 2.85. The van der Waals surface area contributed by atoms with Gasteiger partial charge in [-0.2, -0.15) is 0 Å². The molecule has 1 N–H and O–H groups in total. The van der Waals surface area contributed by atoms with Crippen molar-refractivity contribution in [3.05, 3.63) is 75.5 Å². The number of carbonyl (C=O) groups excluding carboxylic acids is 3. The van der Waals surface area contributed by atoms with Crippen LogP contribution in [0.25, 0.3) is 11.0 Å². The van der Waals surface area contributed by atoms with E-state index in [4.69, 9.17) is 4.74 Å². The lowest BCUT2D eigenvalue weighted by Gasteiger charge is -2.27. The fraction of sp³-hybridized carbons (Fsp3) is 0.320. The number of fused-ring (bicyclic) bond motifs is 1. The SMILES string of the molecule is O=COC(CC(=O)N1CCCCC1)C(=O)c1c[nH]c2cc(Cc3ccc(F)cc3)cnc2c1=O. The minimum absolute atomic E-state index is 0.0564. The number of benzene rings is 1. The number of ether oxygens (including phenoxy) is 1. The Morgan fingerprint density at radius 1 is 1.15 bits per heavy atom. The molecule has 1 fully saturated rings. The molecule has 1 unspecified atom stereocenters. The van der Waals surface area contributed by atoms with Gasteiger partial charge in [-0.05, 0) is 55.0 Å². The van der Waals surface area contributed by atoms with E-state index in [-0.39, 0.29) is 35.7 Å². The molecule has 1 atom stereocenters. The number of amides is 1. The van der Waals surface area contributed by atoms with Crippen molar-refractivity contribution >= 4 is 29.2 Å². The molecule has 0 bridgehead atoms. The molecule has 1 aliphatic heterocycles. The van der Waals surface area contributed by atoms with Gasteiger partial charge in [-0.1, -0.05) is 12.1 Å². The minimum Gasteiger partial charge on any atom is -0.456 e. The topological polar surface area (TPSA) is 109 Å². The molecular formula is C25H24FN3O5. The molecule has 0 aliphatic carbocycles. The van der Waals surface area contributed by atoms with Gasteiger partial charge in [0, 0.05) is 25.5 Å². The molecule has 8 nitrogen and oxygen atoms in total. The van der Waals surface area contributed by atoms with Crippen LogP contribution in [0.1, 0.15) is 47.2 Å². The lowest BCUT2D eigenvalue weighted by molar-refractivity contribution is -0.138. The quantitative estimate of drug-likeness (QED) is 0.405. The van der Waals surface area contributed by atoms with Crippen molar-refractivity contribution in [1.82, 2.24) is 14.9 Å². The number of H-pyrrole nitrogens is 1. The number of aromatic nitrogens is 2. The summed E-state index contributed by atoms with van der Waals surface area (Å²) >= 11 is 0. The van der Waals surface area contributed by atoms with Crippen molar-refractivity contribution in [3.63, 3.8) is 0 Å². The molecule has 3 aromatic rings. The lowest BCUT2D eigenvalue weighted by Crippen LogP contribution is -2.40. The van der Waals surface area contributed by atoms with Crippen LogP contribution in [0.15, 0.2) is 47.5 Å².